The SMILES string of the molecule is CCCC1NC(CC)N(C2CCCC2(C)C)C1=O. The van der Waals surface area contributed by atoms with Crippen LogP contribution in [0.1, 0.15) is 66.2 Å². The van der Waals surface area contributed by atoms with E-state index in [0.717, 1.165) is 19.3 Å². The van der Waals surface area contributed by atoms with Gasteiger partial charge in [0.25, 0.3) is 0 Å². The first kappa shape index (κ1) is 13.9. The number of amides is 1. The van der Waals surface area contributed by atoms with Crippen LogP contribution in [-0.4, -0.2) is 29.1 Å². The summed E-state index contributed by atoms with van der Waals surface area (Å²) in [6, 6.07) is 0.501. The Labute approximate surface area is 111 Å². The van der Waals surface area contributed by atoms with Gasteiger partial charge < -0.3 is 4.90 Å². The second kappa shape index (κ2) is 5.20. The Balaban J connectivity index is 2.17. The van der Waals surface area contributed by atoms with Crippen molar-refractivity contribution in [1.82, 2.24) is 10.2 Å². The molecule has 2 rings (SSSR count). The zero-order valence-corrected chi connectivity index (χ0v) is 12.3. The van der Waals surface area contributed by atoms with E-state index < -0.39 is 0 Å². The van der Waals surface area contributed by atoms with Crippen LogP contribution >= 0.6 is 0 Å². The first-order valence-electron chi connectivity index (χ1n) is 7.59. The number of carbonyl (C=O) groups is 1. The Hall–Kier alpha value is -0.570. The van der Waals surface area contributed by atoms with Crippen LogP contribution in [-0.2, 0) is 4.79 Å². The Bertz CT molecular complexity index is 314. The quantitative estimate of drug-likeness (QED) is 0.834. The molecule has 0 aromatic rings. The zero-order chi connectivity index (χ0) is 13.3. The van der Waals surface area contributed by atoms with E-state index in [4.69, 9.17) is 0 Å². The molecule has 3 nitrogen and oxygen atoms in total. The lowest BCUT2D eigenvalue weighted by atomic mass is 9.86. The molecule has 3 heteroatoms. The topological polar surface area (TPSA) is 32.3 Å². The van der Waals surface area contributed by atoms with Crippen molar-refractivity contribution >= 4 is 5.91 Å². The monoisotopic (exact) mass is 252 g/mol. The van der Waals surface area contributed by atoms with E-state index in [2.05, 4.69) is 37.9 Å². The lowest BCUT2D eigenvalue weighted by molar-refractivity contribution is -0.134. The third kappa shape index (κ3) is 2.29. The van der Waals surface area contributed by atoms with Gasteiger partial charge in [-0.25, -0.2) is 0 Å². The molecule has 3 atom stereocenters. The number of nitrogens with zero attached hydrogens (tertiary/aromatic N) is 1. The molecule has 18 heavy (non-hydrogen) atoms. The van der Waals surface area contributed by atoms with Gasteiger partial charge in [0.05, 0.1) is 12.2 Å². The van der Waals surface area contributed by atoms with Crippen LogP contribution in [0.25, 0.3) is 0 Å². The molecule has 2 fully saturated rings. The number of nitrogens with one attached hydrogen (secondary N) is 1. The molecule has 1 amide bonds. The number of hydrogen-bond donors (Lipinski definition) is 1. The van der Waals surface area contributed by atoms with Crippen molar-refractivity contribution in [2.24, 2.45) is 5.41 Å². The summed E-state index contributed by atoms with van der Waals surface area (Å²) < 4.78 is 0. The predicted octanol–water partition coefficient (Wildman–Crippen LogP) is 2.90. The fourth-order valence-corrected chi connectivity index (χ4v) is 3.72. The second-order valence-electron chi connectivity index (χ2n) is 6.57. The lowest BCUT2D eigenvalue weighted by Crippen LogP contribution is -2.48. The largest absolute Gasteiger partial charge is 0.322 e. The fraction of sp³-hybridized carbons (Fsp3) is 0.933. The highest BCUT2D eigenvalue weighted by molar-refractivity contribution is 5.84. The van der Waals surface area contributed by atoms with E-state index in [-0.39, 0.29) is 17.6 Å². The van der Waals surface area contributed by atoms with Crippen LogP contribution in [0, 0.1) is 5.41 Å². The third-order valence-corrected chi connectivity index (χ3v) is 4.78. The molecule has 3 unspecified atom stereocenters. The summed E-state index contributed by atoms with van der Waals surface area (Å²) in [5, 5.41) is 3.53. The van der Waals surface area contributed by atoms with Gasteiger partial charge in [0.2, 0.25) is 5.91 Å². The summed E-state index contributed by atoms with van der Waals surface area (Å²) in [6.07, 6.45) is 7.00. The Morgan fingerprint density at radius 3 is 2.61 bits per heavy atom. The summed E-state index contributed by atoms with van der Waals surface area (Å²) in [6.45, 7) is 8.96. The van der Waals surface area contributed by atoms with Crippen molar-refractivity contribution in [2.45, 2.75) is 84.5 Å². The minimum absolute atomic E-state index is 0.0661. The molecular weight excluding hydrogens is 224 g/mol. The number of carbonyl (C=O) groups excluding carboxylic acids is 1. The van der Waals surface area contributed by atoms with E-state index >= 15 is 0 Å². The van der Waals surface area contributed by atoms with Gasteiger partial charge in [-0.05, 0) is 31.1 Å². The highest BCUT2D eigenvalue weighted by Crippen LogP contribution is 2.42. The molecule has 1 saturated carbocycles. The van der Waals surface area contributed by atoms with Gasteiger partial charge in [-0.15, -0.1) is 0 Å². The molecule has 0 aromatic carbocycles. The van der Waals surface area contributed by atoms with Crippen molar-refractivity contribution in [2.75, 3.05) is 0 Å². The third-order valence-electron chi connectivity index (χ3n) is 4.78. The normalized spacial score (nSPS) is 35.4. The van der Waals surface area contributed by atoms with Gasteiger partial charge in [-0.1, -0.05) is 40.5 Å². The zero-order valence-electron chi connectivity index (χ0n) is 12.3. The van der Waals surface area contributed by atoms with Crippen LogP contribution in [0.15, 0.2) is 0 Å². The minimum atomic E-state index is 0.0661. The van der Waals surface area contributed by atoms with E-state index in [9.17, 15) is 4.79 Å². The van der Waals surface area contributed by atoms with Crippen molar-refractivity contribution in [3.8, 4) is 0 Å². The molecule has 1 aliphatic heterocycles. The first-order valence-corrected chi connectivity index (χ1v) is 7.59. The van der Waals surface area contributed by atoms with Crippen molar-refractivity contribution in [3.05, 3.63) is 0 Å². The van der Waals surface area contributed by atoms with Crippen molar-refractivity contribution in [3.63, 3.8) is 0 Å². The smallest absolute Gasteiger partial charge is 0.241 e. The van der Waals surface area contributed by atoms with Crippen LogP contribution in [0.2, 0.25) is 0 Å². The maximum atomic E-state index is 12.6. The van der Waals surface area contributed by atoms with E-state index in [1.165, 1.54) is 19.3 Å². The van der Waals surface area contributed by atoms with Gasteiger partial charge in [-0.3, -0.25) is 10.1 Å². The summed E-state index contributed by atoms with van der Waals surface area (Å²) in [7, 11) is 0. The molecule has 1 heterocycles. The number of rotatable bonds is 4. The van der Waals surface area contributed by atoms with Gasteiger partial charge in [0.15, 0.2) is 0 Å². The fourth-order valence-electron chi connectivity index (χ4n) is 3.72. The molecule has 0 aromatic heterocycles. The maximum absolute atomic E-state index is 12.6. The Morgan fingerprint density at radius 1 is 1.39 bits per heavy atom. The van der Waals surface area contributed by atoms with Crippen molar-refractivity contribution < 1.29 is 4.79 Å². The van der Waals surface area contributed by atoms with Gasteiger partial charge in [0.1, 0.15) is 0 Å². The molecule has 2 aliphatic rings. The molecule has 0 bridgehead atoms. The molecular formula is C15H28N2O. The molecule has 1 N–H and O–H groups in total. The Morgan fingerprint density at radius 2 is 2.11 bits per heavy atom. The first-order chi connectivity index (χ1) is 8.51. The summed E-state index contributed by atoms with van der Waals surface area (Å²) in [5.74, 6) is 0.351. The van der Waals surface area contributed by atoms with Crippen LogP contribution in [0.4, 0.5) is 0 Å². The van der Waals surface area contributed by atoms with E-state index in [1.807, 2.05) is 0 Å². The van der Waals surface area contributed by atoms with Gasteiger partial charge in [0, 0.05) is 6.04 Å². The Kier molecular flexibility index (Phi) is 4.00. The molecule has 1 aliphatic carbocycles. The average Bonchev–Trinajstić information content (AvgIpc) is 2.80. The summed E-state index contributed by atoms with van der Waals surface area (Å²) in [4.78, 5) is 14.8. The van der Waals surface area contributed by atoms with E-state index in [1.54, 1.807) is 0 Å². The number of hydrogen-bond acceptors (Lipinski definition) is 2. The van der Waals surface area contributed by atoms with Crippen molar-refractivity contribution in [1.29, 1.82) is 0 Å². The lowest BCUT2D eigenvalue weighted by Gasteiger charge is -2.38. The van der Waals surface area contributed by atoms with Gasteiger partial charge >= 0.3 is 0 Å². The standard InChI is InChI=1S/C15H28N2O/c1-5-8-11-14(18)17(13(6-2)16-11)12-9-7-10-15(12,3)4/h11-13,16H,5-10H2,1-4H3. The predicted molar refractivity (Wildman–Crippen MR) is 74.2 cm³/mol. The van der Waals surface area contributed by atoms with Crippen LogP contribution in [0.5, 0.6) is 0 Å². The molecule has 0 spiro atoms. The summed E-state index contributed by atoms with van der Waals surface area (Å²) >= 11 is 0. The molecule has 0 radical (unpaired) electrons. The average molecular weight is 252 g/mol. The summed E-state index contributed by atoms with van der Waals surface area (Å²) in [5.41, 5.74) is 0.284. The molecule has 104 valence electrons. The van der Waals surface area contributed by atoms with Crippen LogP contribution in [0.3, 0.4) is 0 Å². The second-order valence-corrected chi connectivity index (χ2v) is 6.57. The van der Waals surface area contributed by atoms with Crippen LogP contribution < -0.4 is 5.32 Å². The van der Waals surface area contributed by atoms with E-state index in [0.29, 0.717) is 11.9 Å². The maximum Gasteiger partial charge on any atom is 0.241 e. The highest BCUT2D eigenvalue weighted by Gasteiger charge is 2.47. The highest BCUT2D eigenvalue weighted by atomic mass is 16.2. The van der Waals surface area contributed by atoms with Gasteiger partial charge in [-0.2, -0.15) is 0 Å². The molecule has 1 saturated heterocycles. The minimum Gasteiger partial charge on any atom is -0.322 e.